The van der Waals surface area contributed by atoms with Crippen LogP contribution in [0.5, 0.6) is 0 Å². The molecule has 1 amide bonds. The van der Waals surface area contributed by atoms with E-state index in [1.54, 1.807) is 6.08 Å². The number of ether oxygens (including phenoxy) is 1. The van der Waals surface area contributed by atoms with E-state index in [1.165, 1.54) is 315 Å². The third kappa shape index (κ3) is 67.0. The quantitative estimate of drug-likeness (QED) is 0.0320. The average molecular weight is 1150 g/mol. The lowest BCUT2D eigenvalue weighted by Crippen LogP contribution is -2.45. The van der Waals surface area contributed by atoms with Gasteiger partial charge in [0.1, 0.15) is 0 Å². The Balaban J connectivity index is 3.44. The summed E-state index contributed by atoms with van der Waals surface area (Å²) in [5.41, 5.74) is 0. The number of hydrogen-bond donors (Lipinski definition) is 3. The number of aliphatic hydroxyl groups is 2. The molecule has 0 saturated heterocycles. The lowest BCUT2D eigenvalue weighted by Gasteiger charge is -2.20. The van der Waals surface area contributed by atoms with Crippen LogP contribution in [-0.2, 0) is 14.3 Å². The Morgan fingerprint density at radius 3 is 0.951 bits per heavy atom. The van der Waals surface area contributed by atoms with Gasteiger partial charge in [-0.2, -0.15) is 0 Å². The number of allylic oxidation sites excluding steroid dienone is 7. The van der Waals surface area contributed by atoms with E-state index in [0.717, 1.165) is 57.8 Å². The molecule has 0 radical (unpaired) electrons. The number of carbonyl (C=O) groups is 2. The topological polar surface area (TPSA) is 95.9 Å². The fourth-order valence-electron chi connectivity index (χ4n) is 11.4. The molecule has 0 aliphatic carbocycles. The molecule has 0 aliphatic rings. The maximum Gasteiger partial charge on any atom is 0.305 e. The van der Waals surface area contributed by atoms with E-state index in [4.69, 9.17) is 4.74 Å². The van der Waals surface area contributed by atoms with Crippen LogP contribution in [0, 0.1) is 0 Å². The Bertz CT molecular complexity index is 1370. The molecule has 482 valence electrons. The molecule has 0 aromatic carbocycles. The fraction of sp³-hybridized carbons (Fsp3) is 0.868. The van der Waals surface area contributed by atoms with Crippen molar-refractivity contribution >= 4 is 11.9 Å². The first-order chi connectivity index (χ1) is 40.5. The van der Waals surface area contributed by atoms with Crippen LogP contribution in [0.25, 0.3) is 0 Å². The van der Waals surface area contributed by atoms with Gasteiger partial charge in [0.15, 0.2) is 0 Å². The van der Waals surface area contributed by atoms with Crippen LogP contribution in [0.1, 0.15) is 399 Å². The highest BCUT2D eigenvalue weighted by Gasteiger charge is 2.18. The number of carbonyl (C=O) groups excluding carboxylic acids is 2. The van der Waals surface area contributed by atoms with Crippen molar-refractivity contribution in [3.8, 4) is 0 Å². The van der Waals surface area contributed by atoms with Gasteiger partial charge in [-0.1, -0.05) is 345 Å². The highest BCUT2D eigenvalue weighted by atomic mass is 16.5. The van der Waals surface area contributed by atoms with Crippen molar-refractivity contribution in [3.63, 3.8) is 0 Å². The molecule has 0 fully saturated rings. The predicted molar refractivity (Wildman–Crippen MR) is 361 cm³/mol. The summed E-state index contributed by atoms with van der Waals surface area (Å²) in [6.45, 7) is 4.91. The number of amides is 1. The van der Waals surface area contributed by atoms with Crippen LogP contribution < -0.4 is 5.32 Å². The van der Waals surface area contributed by atoms with Crippen molar-refractivity contribution in [3.05, 3.63) is 48.6 Å². The van der Waals surface area contributed by atoms with Crippen LogP contribution in [-0.4, -0.2) is 47.4 Å². The Morgan fingerprint density at radius 2 is 0.610 bits per heavy atom. The average Bonchev–Trinajstić information content (AvgIpc) is 3.48. The van der Waals surface area contributed by atoms with Gasteiger partial charge in [-0.15, -0.1) is 0 Å². The van der Waals surface area contributed by atoms with E-state index in [2.05, 4.69) is 55.6 Å². The minimum Gasteiger partial charge on any atom is -0.466 e. The molecule has 2 atom stereocenters. The van der Waals surface area contributed by atoms with Gasteiger partial charge in [-0.05, 0) is 89.9 Å². The van der Waals surface area contributed by atoms with Crippen molar-refractivity contribution < 1.29 is 24.5 Å². The van der Waals surface area contributed by atoms with Gasteiger partial charge in [-0.3, -0.25) is 9.59 Å². The molecule has 6 nitrogen and oxygen atoms in total. The molecule has 82 heavy (non-hydrogen) atoms. The third-order valence-corrected chi connectivity index (χ3v) is 17.1. The third-order valence-electron chi connectivity index (χ3n) is 17.1. The second-order valence-electron chi connectivity index (χ2n) is 25.3. The first-order valence-electron chi connectivity index (χ1n) is 36.9. The SMILES string of the molecule is CCCCCC/C=C\C/C=C\CCCCCCCCCC(=O)OCCCCCCCCCCCCC/C=C\CCCCCCCCCC(=O)NC(CO)C(O)/C=C/CCCCCCCCCCCCCCCCCCCCCCCCC. The van der Waals surface area contributed by atoms with E-state index in [0.29, 0.717) is 19.4 Å². The summed E-state index contributed by atoms with van der Waals surface area (Å²) in [6, 6.07) is -0.636. The number of esters is 1. The van der Waals surface area contributed by atoms with E-state index in [-0.39, 0.29) is 18.5 Å². The van der Waals surface area contributed by atoms with Crippen molar-refractivity contribution in [2.24, 2.45) is 0 Å². The largest absolute Gasteiger partial charge is 0.466 e. The molecule has 0 aliphatic heterocycles. The van der Waals surface area contributed by atoms with Gasteiger partial charge in [0.05, 0.1) is 25.4 Å². The molecule has 2 unspecified atom stereocenters. The molecule has 0 rings (SSSR count). The van der Waals surface area contributed by atoms with Crippen LogP contribution in [0.3, 0.4) is 0 Å². The van der Waals surface area contributed by atoms with Crippen molar-refractivity contribution in [2.45, 2.75) is 411 Å². The number of hydrogen-bond acceptors (Lipinski definition) is 5. The van der Waals surface area contributed by atoms with Crippen molar-refractivity contribution in [1.82, 2.24) is 5.32 Å². The normalized spacial score (nSPS) is 12.8. The zero-order valence-corrected chi connectivity index (χ0v) is 55.2. The summed E-state index contributed by atoms with van der Waals surface area (Å²) >= 11 is 0. The lowest BCUT2D eigenvalue weighted by atomic mass is 10.0. The summed E-state index contributed by atoms with van der Waals surface area (Å²) in [5, 5.41) is 23.3. The summed E-state index contributed by atoms with van der Waals surface area (Å²) in [6.07, 6.45) is 93.4. The molecule has 0 aromatic rings. The Hall–Kier alpha value is -2.18. The molecule has 0 spiro atoms. The minimum absolute atomic E-state index is 0.00255. The number of rotatable bonds is 69. The Labute approximate surface area is 512 Å². The van der Waals surface area contributed by atoms with Gasteiger partial charge in [0.25, 0.3) is 0 Å². The summed E-state index contributed by atoms with van der Waals surface area (Å²) in [4.78, 5) is 24.6. The van der Waals surface area contributed by atoms with Gasteiger partial charge < -0.3 is 20.3 Å². The molecule has 0 aromatic heterocycles. The number of aliphatic hydroxyl groups excluding tert-OH is 2. The van der Waals surface area contributed by atoms with Gasteiger partial charge in [-0.25, -0.2) is 0 Å². The minimum atomic E-state index is -0.852. The number of unbranched alkanes of at least 4 members (excludes halogenated alkanes) is 52. The van der Waals surface area contributed by atoms with E-state index < -0.39 is 12.1 Å². The first kappa shape index (κ1) is 79.8. The molecule has 0 heterocycles. The van der Waals surface area contributed by atoms with Crippen molar-refractivity contribution in [1.29, 1.82) is 0 Å². The smallest absolute Gasteiger partial charge is 0.305 e. The second kappa shape index (κ2) is 71.3. The zero-order chi connectivity index (χ0) is 59.2. The summed E-state index contributed by atoms with van der Waals surface area (Å²) in [5.74, 6) is -0.0688. The maximum absolute atomic E-state index is 12.5. The monoisotopic (exact) mass is 1150 g/mol. The van der Waals surface area contributed by atoms with Crippen LogP contribution in [0.2, 0.25) is 0 Å². The van der Waals surface area contributed by atoms with E-state index >= 15 is 0 Å². The summed E-state index contributed by atoms with van der Waals surface area (Å²) < 4.78 is 5.50. The van der Waals surface area contributed by atoms with Crippen LogP contribution in [0.15, 0.2) is 48.6 Å². The first-order valence-corrected chi connectivity index (χ1v) is 36.9. The Morgan fingerprint density at radius 1 is 0.341 bits per heavy atom. The van der Waals surface area contributed by atoms with E-state index in [1.807, 2.05) is 6.08 Å². The molecule has 3 N–H and O–H groups in total. The lowest BCUT2D eigenvalue weighted by molar-refractivity contribution is -0.143. The predicted octanol–water partition coefficient (Wildman–Crippen LogP) is 24.0. The molecule has 0 saturated carbocycles. The maximum atomic E-state index is 12.5. The zero-order valence-electron chi connectivity index (χ0n) is 55.2. The van der Waals surface area contributed by atoms with E-state index in [9.17, 15) is 19.8 Å². The molecular weight excluding hydrogens is 1010 g/mol. The van der Waals surface area contributed by atoms with Gasteiger partial charge in [0, 0.05) is 12.8 Å². The van der Waals surface area contributed by atoms with Crippen LogP contribution >= 0.6 is 0 Å². The molecule has 0 bridgehead atoms. The van der Waals surface area contributed by atoms with Crippen LogP contribution in [0.4, 0.5) is 0 Å². The molecular formula is C76H143NO5. The van der Waals surface area contributed by atoms with Gasteiger partial charge in [0.2, 0.25) is 5.91 Å². The second-order valence-corrected chi connectivity index (χ2v) is 25.3. The summed E-state index contributed by atoms with van der Waals surface area (Å²) in [7, 11) is 0. The molecule has 6 heteroatoms. The highest BCUT2D eigenvalue weighted by Crippen LogP contribution is 2.18. The van der Waals surface area contributed by atoms with Crippen molar-refractivity contribution in [2.75, 3.05) is 13.2 Å². The van der Waals surface area contributed by atoms with Gasteiger partial charge >= 0.3 is 5.97 Å². The Kier molecular flexibility index (Phi) is 69.4. The standard InChI is InChI=1S/C76H143NO5/c1-3-5-7-9-11-13-15-17-19-21-23-24-25-26-27-30-33-36-40-44-48-52-56-60-64-68-74(79)73(72-78)77-75(80)69-65-61-57-53-49-45-41-37-34-31-28-29-32-35-39-43-47-51-55-59-63-67-71-82-76(81)70-66-62-58-54-50-46-42-38-22-20-18-16-14-12-10-8-6-4-2/h14,16,20,22,31,34,64,68,73-74,78-79H,3-13,15,17-19,21,23-30,32-33,35-63,65-67,69-72H2,1-2H3,(H,77,80)/b16-14-,22-20-,34-31-,68-64+. The number of nitrogens with one attached hydrogen (secondary N) is 1. The fourth-order valence-corrected chi connectivity index (χ4v) is 11.4. The highest BCUT2D eigenvalue weighted by molar-refractivity contribution is 5.76.